The molecule has 1 amide bonds. The maximum Gasteiger partial charge on any atom is 0.255 e. The van der Waals surface area contributed by atoms with E-state index in [9.17, 15) is 9.59 Å². The van der Waals surface area contributed by atoms with E-state index < -0.39 is 0 Å². The lowest BCUT2D eigenvalue weighted by Gasteiger charge is -2.07. The van der Waals surface area contributed by atoms with E-state index in [1.54, 1.807) is 36.4 Å². The highest BCUT2D eigenvalue weighted by atomic mass is 16.1. The molecule has 108 valence electrons. The Kier molecular flexibility index (Phi) is 4.85. The SMILES string of the molecule is CC(=O)c1cccc(NC(=O)c2ccc(CCN)cc2)c1. The van der Waals surface area contributed by atoms with Crippen LogP contribution in [0.2, 0.25) is 0 Å². The van der Waals surface area contributed by atoms with Crippen molar-refractivity contribution in [3.05, 3.63) is 65.2 Å². The van der Waals surface area contributed by atoms with Crippen molar-refractivity contribution in [2.24, 2.45) is 5.73 Å². The molecule has 0 aromatic heterocycles. The van der Waals surface area contributed by atoms with E-state index in [4.69, 9.17) is 5.73 Å². The zero-order chi connectivity index (χ0) is 15.2. The number of carbonyl (C=O) groups is 2. The Balaban J connectivity index is 2.10. The number of benzene rings is 2. The van der Waals surface area contributed by atoms with Gasteiger partial charge in [-0.25, -0.2) is 0 Å². The summed E-state index contributed by atoms with van der Waals surface area (Å²) in [5.41, 5.74) is 8.35. The molecule has 2 aromatic rings. The summed E-state index contributed by atoms with van der Waals surface area (Å²) in [6.07, 6.45) is 0.794. The summed E-state index contributed by atoms with van der Waals surface area (Å²) in [4.78, 5) is 23.5. The number of carbonyl (C=O) groups excluding carboxylic acids is 2. The van der Waals surface area contributed by atoms with Gasteiger partial charge in [-0.3, -0.25) is 9.59 Å². The predicted molar refractivity (Wildman–Crippen MR) is 83.6 cm³/mol. The van der Waals surface area contributed by atoms with Gasteiger partial charge in [0.1, 0.15) is 0 Å². The number of nitrogens with two attached hydrogens (primary N) is 1. The van der Waals surface area contributed by atoms with Crippen LogP contribution in [-0.2, 0) is 6.42 Å². The minimum absolute atomic E-state index is 0.0303. The number of hydrogen-bond donors (Lipinski definition) is 2. The first-order valence-corrected chi connectivity index (χ1v) is 6.81. The standard InChI is InChI=1S/C17H18N2O2/c1-12(20)15-3-2-4-16(11-15)19-17(21)14-7-5-13(6-8-14)9-10-18/h2-8,11H,9-10,18H2,1H3,(H,19,21). The summed E-state index contributed by atoms with van der Waals surface area (Å²) < 4.78 is 0. The predicted octanol–water partition coefficient (Wildman–Crippen LogP) is 2.64. The molecule has 0 aliphatic rings. The molecule has 4 nitrogen and oxygen atoms in total. The van der Waals surface area contributed by atoms with Gasteiger partial charge in [0.15, 0.2) is 5.78 Å². The summed E-state index contributed by atoms with van der Waals surface area (Å²) in [5.74, 6) is -0.229. The number of ketones is 1. The maximum atomic E-state index is 12.1. The van der Waals surface area contributed by atoms with Gasteiger partial charge in [0.25, 0.3) is 5.91 Å². The number of Topliss-reactive ketones (excluding diaryl/α,β-unsaturated/α-hetero) is 1. The summed E-state index contributed by atoms with van der Waals surface area (Å²) >= 11 is 0. The molecule has 0 aliphatic carbocycles. The van der Waals surface area contributed by atoms with E-state index in [-0.39, 0.29) is 11.7 Å². The second kappa shape index (κ2) is 6.81. The fraction of sp³-hybridized carbons (Fsp3) is 0.176. The first kappa shape index (κ1) is 14.9. The highest BCUT2D eigenvalue weighted by Gasteiger charge is 2.07. The first-order chi connectivity index (χ1) is 10.1. The molecule has 3 N–H and O–H groups in total. The molecular weight excluding hydrogens is 264 g/mol. The van der Waals surface area contributed by atoms with Crippen LogP contribution >= 0.6 is 0 Å². The maximum absolute atomic E-state index is 12.1. The molecule has 0 bridgehead atoms. The largest absolute Gasteiger partial charge is 0.330 e. The van der Waals surface area contributed by atoms with Crippen molar-refractivity contribution in [1.29, 1.82) is 0 Å². The molecular formula is C17H18N2O2. The highest BCUT2D eigenvalue weighted by molar-refractivity contribution is 6.05. The van der Waals surface area contributed by atoms with E-state index in [2.05, 4.69) is 5.32 Å². The minimum Gasteiger partial charge on any atom is -0.330 e. The van der Waals surface area contributed by atoms with Gasteiger partial charge in [-0.2, -0.15) is 0 Å². The molecule has 0 spiro atoms. The molecule has 0 unspecified atom stereocenters. The van der Waals surface area contributed by atoms with E-state index in [1.165, 1.54) is 6.92 Å². The van der Waals surface area contributed by atoms with Crippen LogP contribution in [-0.4, -0.2) is 18.2 Å². The van der Waals surface area contributed by atoms with Gasteiger partial charge in [-0.15, -0.1) is 0 Å². The van der Waals surface area contributed by atoms with Gasteiger partial charge in [0.05, 0.1) is 0 Å². The lowest BCUT2D eigenvalue weighted by Crippen LogP contribution is -2.12. The van der Waals surface area contributed by atoms with Crippen LogP contribution < -0.4 is 11.1 Å². The number of nitrogens with one attached hydrogen (secondary N) is 1. The van der Waals surface area contributed by atoms with Crippen molar-refractivity contribution in [1.82, 2.24) is 0 Å². The Labute approximate surface area is 124 Å². The van der Waals surface area contributed by atoms with Crippen LogP contribution in [0.25, 0.3) is 0 Å². The van der Waals surface area contributed by atoms with Gasteiger partial charge in [0, 0.05) is 16.8 Å². The van der Waals surface area contributed by atoms with Gasteiger partial charge < -0.3 is 11.1 Å². The molecule has 0 saturated carbocycles. The number of hydrogen-bond acceptors (Lipinski definition) is 3. The fourth-order valence-electron chi connectivity index (χ4n) is 2.01. The van der Waals surface area contributed by atoms with Crippen LogP contribution in [0, 0.1) is 0 Å². The average molecular weight is 282 g/mol. The van der Waals surface area contributed by atoms with Gasteiger partial charge >= 0.3 is 0 Å². The quantitative estimate of drug-likeness (QED) is 0.828. The third kappa shape index (κ3) is 4.00. The molecule has 4 heteroatoms. The zero-order valence-corrected chi connectivity index (χ0v) is 11.9. The summed E-state index contributed by atoms with van der Waals surface area (Å²) in [7, 11) is 0. The van der Waals surface area contributed by atoms with Gasteiger partial charge in [0.2, 0.25) is 0 Å². The van der Waals surface area contributed by atoms with E-state index >= 15 is 0 Å². The molecule has 0 saturated heterocycles. The van der Waals surface area contributed by atoms with Gasteiger partial charge in [-0.1, -0.05) is 24.3 Å². The lowest BCUT2D eigenvalue weighted by atomic mass is 10.1. The van der Waals surface area contributed by atoms with Crippen molar-refractivity contribution in [2.45, 2.75) is 13.3 Å². The smallest absolute Gasteiger partial charge is 0.255 e. The molecule has 0 heterocycles. The summed E-state index contributed by atoms with van der Waals surface area (Å²) in [5, 5.41) is 2.79. The summed E-state index contributed by atoms with van der Waals surface area (Å²) in [6, 6.07) is 14.2. The van der Waals surface area contributed by atoms with Crippen LogP contribution in [0.5, 0.6) is 0 Å². The molecule has 21 heavy (non-hydrogen) atoms. The Morgan fingerprint density at radius 2 is 1.76 bits per heavy atom. The molecule has 0 fully saturated rings. The van der Waals surface area contributed by atoms with Crippen molar-refractivity contribution in [3.63, 3.8) is 0 Å². The second-order valence-corrected chi connectivity index (χ2v) is 4.83. The monoisotopic (exact) mass is 282 g/mol. The van der Waals surface area contributed by atoms with Crippen molar-refractivity contribution in [3.8, 4) is 0 Å². The summed E-state index contributed by atoms with van der Waals surface area (Å²) in [6.45, 7) is 2.08. The third-order valence-corrected chi connectivity index (χ3v) is 3.18. The zero-order valence-electron chi connectivity index (χ0n) is 11.9. The van der Waals surface area contributed by atoms with E-state index in [0.29, 0.717) is 23.4 Å². The minimum atomic E-state index is -0.199. The first-order valence-electron chi connectivity index (χ1n) is 6.81. The van der Waals surface area contributed by atoms with Gasteiger partial charge in [-0.05, 0) is 49.7 Å². The molecule has 2 aromatic carbocycles. The molecule has 0 atom stereocenters. The molecule has 0 aliphatic heterocycles. The number of rotatable bonds is 5. The van der Waals surface area contributed by atoms with Crippen molar-refractivity contribution in [2.75, 3.05) is 11.9 Å². The molecule has 2 rings (SSSR count). The number of amides is 1. The van der Waals surface area contributed by atoms with Crippen LogP contribution in [0.15, 0.2) is 48.5 Å². The van der Waals surface area contributed by atoms with E-state index in [0.717, 1.165) is 12.0 Å². The Morgan fingerprint density at radius 3 is 2.38 bits per heavy atom. The topological polar surface area (TPSA) is 72.2 Å². The lowest BCUT2D eigenvalue weighted by molar-refractivity contribution is 0.101. The Bertz CT molecular complexity index is 648. The van der Waals surface area contributed by atoms with Crippen LogP contribution in [0.3, 0.4) is 0 Å². The number of anilines is 1. The second-order valence-electron chi connectivity index (χ2n) is 4.83. The molecule has 0 radical (unpaired) electrons. The average Bonchev–Trinajstić information content (AvgIpc) is 2.48. The van der Waals surface area contributed by atoms with E-state index in [1.807, 2.05) is 12.1 Å². The van der Waals surface area contributed by atoms with Crippen LogP contribution in [0.4, 0.5) is 5.69 Å². The Hall–Kier alpha value is -2.46. The Morgan fingerprint density at radius 1 is 1.05 bits per heavy atom. The third-order valence-electron chi connectivity index (χ3n) is 3.18. The van der Waals surface area contributed by atoms with Crippen LogP contribution in [0.1, 0.15) is 33.2 Å². The highest BCUT2D eigenvalue weighted by Crippen LogP contribution is 2.13. The normalized spacial score (nSPS) is 10.2. The van der Waals surface area contributed by atoms with Crippen molar-refractivity contribution >= 4 is 17.4 Å². The van der Waals surface area contributed by atoms with Crippen molar-refractivity contribution < 1.29 is 9.59 Å². The fourth-order valence-corrected chi connectivity index (χ4v) is 2.01.